The molecular formula is C75H138O6. The van der Waals surface area contributed by atoms with Crippen LogP contribution in [0.1, 0.15) is 393 Å². The number of unbranched alkanes of at least 4 members (excludes halogenated alkanes) is 48. The third-order valence-corrected chi connectivity index (χ3v) is 16.3. The van der Waals surface area contributed by atoms with Gasteiger partial charge in [0.05, 0.1) is 0 Å². The van der Waals surface area contributed by atoms with Crippen LogP contribution in [0.25, 0.3) is 0 Å². The molecule has 0 aliphatic rings. The summed E-state index contributed by atoms with van der Waals surface area (Å²) in [6.45, 7) is 6.68. The minimum absolute atomic E-state index is 0.0711. The number of hydrogen-bond donors (Lipinski definition) is 0. The number of hydrogen-bond acceptors (Lipinski definition) is 6. The lowest BCUT2D eigenvalue weighted by atomic mass is 10.0. The number of allylic oxidation sites excluding steroid dienone is 8. The van der Waals surface area contributed by atoms with Gasteiger partial charge in [-0.25, -0.2) is 0 Å². The molecule has 0 aromatic rings. The summed E-state index contributed by atoms with van der Waals surface area (Å²) in [5.74, 6) is -0.847. The van der Waals surface area contributed by atoms with E-state index in [1.54, 1.807) is 0 Å². The summed E-state index contributed by atoms with van der Waals surface area (Å²) in [7, 11) is 0. The lowest BCUT2D eigenvalue weighted by molar-refractivity contribution is -0.167. The Kier molecular flexibility index (Phi) is 67.6. The van der Waals surface area contributed by atoms with Crippen molar-refractivity contribution in [3.63, 3.8) is 0 Å². The highest BCUT2D eigenvalue weighted by Crippen LogP contribution is 2.18. The van der Waals surface area contributed by atoms with Gasteiger partial charge in [-0.1, -0.05) is 339 Å². The van der Waals surface area contributed by atoms with Crippen molar-refractivity contribution < 1.29 is 28.6 Å². The van der Waals surface area contributed by atoms with Crippen molar-refractivity contribution in [2.75, 3.05) is 13.2 Å². The molecule has 0 saturated carbocycles. The fourth-order valence-electron chi connectivity index (χ4n) is 10.9. The molecule has 0 heterocycles. The first-order chi connectivity index (χ1) is 40.0. The zero-order valence-electron chi connectivity index (χ0n) is 54.6. The molecular weight excluding hydrogens is 997 g/mol. The van der Waals surface area contributed by atoms with Crippen molar-refractivity contribution in [2.24, 2.45) is 0 Å². The molecule has 6 heteroatoms. The summed E-state index contributed by atoms with van der Waals surface area (Å²) in [6, 6.07) is 0. The predicted molar refractivity (Wildman–Crippen MR) is 353 cm³/mol. The van der Waals surface area contributed by atoms with Gasteiger partial charge in [0.1, 0.15) is 13.2 Å². The second kappa shape index (κ2) is 69.9. The first-order valence-electron chi connectivity index (χ1n) is 36.1. The molecule has 0 aromatic heterocycles. The highest BCUT2D eigenvalue weighted by Gasteiger charge is 2.19. The van der Waals surface area contributed by atoms with Gasteiger partial charge < -0.3 is 14.2 Å². The zero-order valence-corrected chi connectivity index (χ0v) is 54.6. The van der Waals surface area contributed by atoms with Crippen molar-refractivity contribution in [3.05, 3.63) is 48.6 Å². The molecule has 0 saturated heterocycles. The van der Waals surface area contributed by atoms with Crippen LogP contribution in [0.4, 0.5) is 0 Å². The van der Waals surface area contributed by atoms with E-state index in [-0.39, 0.29) is 31.1 Å². The summed E-state index contributed by atoms with van der Waals surface area (Å²) < 4.78 is 17.0. The Morgan fingerprint density at radius 2 is 0.444 bits per heavy atom. The Labute approximate surface area is 505 Å². The van der Waals surface area contributed by atoms with Gasteiger partial charge in [-0.3, -0.25) is 14.4 Å². The molecule has 1 atom stereocenters. The molecule has 6 nitrogen and oxygen atoms in total. The molecule has 1 unspecified atom stereocenters. The molecule has 474 valence electrons. The second-order valence-electron chi connectivity index (χ2n) is 24.5. The van der Waals surface area contributed by atoms with Gasteiger partial charge in [0.2, 0.25) is 0 Å². The maximum Gasteiger partial charge on any atom is 0.306 e. The van der Waals surface area contributed by atoms with Crippen LogP contribution in [0, 0.1) is 0 Å². The van der Waals surface area contributed by atoms with Gasteiger partial charge in [-0.05, 0) is 83.5 Å². The van der Waals surface area contributed by atoms with Crippen LogP contribution in [-0.4, -0.2) is 37.2 Å². The molecule has 0 aliphatic heterocycles. The van der Waals surface area contributed by atoms with E-state index in [9.17, 15) is 14.4 Å². The first-order valence-corrected chi connectivity index (χ1v) is 36.1. The maximum absolute atomic E-state index is 13.0. The maximum atomic E-state index is 13.0. The molecule has 0 rings (SSSR count). The minimum Gasteiger partial charge on any atom is -0.462 e. The fraction of sp³-hybridized carbons (Fsp3) is 0.853. The Morgan fingerprint density at radius 1 is 0.247 bits per heavy atom. The minimum atomic E-state index is -0.776. The summed E-state index contributed by atoms with van der Waals surface area (Å²) in [5.41, 5.74) is 0. The van der Waals surface area contributed by atoms with Crippen LogP contribution in [0.5, 0.6) is 0 Å². The van der Waals surface area contributed by atoms with Crippen molar-refractivity contribution >= 4 is 17.9 Å². The molecule has 0 radical (unpaired) electrons. The first kappa shape index (κ1) is 78.4. The van der Waals surface area contributed by atoms with Crippen LogP contribution in [0.15, 0.2) is 48.6 Å². The van der Waals surface area contributed by atoms with Crippen molar-refractivity contribution in [1.29, 1.82) is 0 Å². The number of rotatable bonds is 67. The number of carbonyl (C=O) groups is 3. The lowest BCUT2D eigenvalue weighted by Gasteiger charge is -2.18. The van der Waals surface area contributed by atoms with E-state index in [0.29, 0.717) is 19.3 Å². The Hall–Kier alpha value is -2.63. The van der Waals surface area contributed by atoms with Gasteiger partial charge in [0.25, 0.3) is 0 Å². The Morgan fingerprint density at radius 3 is 0.704 bits per heavy atom. The van der Waals surface area contributed by atoms with Gasteiger partial charge in [0, 0.05) is 19.3 Å². The summed E-state index contributed by atoms with van der Waals surface area (Å²) >= 11 is 0. The molecule has 0 amide bonds. The average molecular weight is 1140 g/mol. The van der Waals surface area contributed by atoms with Gasteiger partial charge in [-0.2, -0.15) is 0 Å². The fourth-order valence-corrected chi connectivity index (χ4v) is 10.9. The highest BCUT2D eigenvalue weighted by molar-refractivity contribution is 5.71. The summed E-state index contributed by atoms with van der Waals surface area (Å²) in [4.78, 5) is 38.5. The van der Waals surface area contributed by atoms with E-state index in [4.69, 9.17) is 14.2 Å². The topological polar surface area (TPSA) is 78.9 Å². The number of carbonyl (C=O) groups excluding carboxylic acids is 3. The van der Waals surface area contributed by atoms with Crippen LogP contribution >= 0.6 is 0 Å². The van der Waals surface area contributed by atoms with E-state index >= 15 is 0 Å². The van der Waals surface area contributed by atoms with Crippen molar-refractivity contribution in [1.82, 2.24) is 0 Å². The second-order valence-corrected chi connectivity index (χ2v) is 24.5. The monoisotopic (exact) mass is 1140 g/mol. The number of esters is 3. The third kappa shape index (κ3) is 68.0. The summed E-state index contributed by atoms with van der Waals surface area (Å²) in [5, 5.41) is 0. The van der Waals surface area contributed by atoms with E-state index in [2.05, 4.69) is 69.4 Å². The van der Waals surface area contributed by atoms with Crippen LogP contribution < -0.4 is 0 Å². The molecule has 0 N–H and O–H groups in total. The molecule has 0 aliphatic carbocycles. The molecule has 0 spiro atoms. The summed E-state index contributed by atoms with van der Waals surface area (Å²) in [6.07, 6.45) is 88.5. The standard InChI is InChI=1S/C75H138O6/c1-4-7-10-13-16-19-22-25-28-31-34-36-37-39-41-44-47-50-53-56-59-62-65-68-74(77)80-71-72(70-79-73(76)67-64-61-58-55-52-49-46-43-40-33-30-27-24-21-18-15-12-9-6-3)81-75(78)69-66-63-60-57-54-51-48-45-42-38-35-32-29-26-23-20-17-14-11-8-5-2/h18,21-22,25,27,30-31,34,72H,4-17,19-20,23-24,26,28-29,32-33,35-71H2,1-3H3/b21-18-,25-22-,30-27-,34-31-. The van der Waals surface area contributed by atoms with Crippen LogP contribution in [-0.2, 0) is 28.6 Å². The smallest absolute Gasteiger partial charge is 0.306 e. The van der Waals surface area contributed by atoms with Crippen LogP contribution in [0.3, 0.4) is 0 Å². The third-order valence-electron chi connectivity index (χ3n) is 16.3. The molecule has 0 fully saturated rings. The predicted octanol–water partition coefficient (Wildman–Crippen LogP) is 24.9. The molecule has 0 bridgehead atoms. The molecule has 0 aromatic carbocycles. The van der Waals surface area contributed by atoms with Crippen molar-refractivity contribution in [3.8, 4) is 0 Å². The largest absolute Gasteiger partial charge is 0.462 e. The van der Waals surface area contributed by atoms with E-state index in [0.717, 1.165) is 70.6 Å². The normalized spacial score (nSPS) is 12.3. The quantitative estimate of drug-likeness (QED) is 0.0261. The van der Waals surface area contributed by atoms with E-state index in [1.807, 2.05) is 0 Å². The average Bonchev–Trinajstić information content (AvgIpc) is 3.47. The lowest BCUT2D eigenvalue weighted by Crippen LogP contribution is -2.30. The Bertz CT molecular complexity index is 1400. The zero-order chi connectivity index (χ0) is 58.5. The van der Waals surface area contributed by atoms with E-state index in [1.165, 1.54) is 283 Å². The molecule has 81 heavy (non-hydrogen) atoms. The van der Waals surface area contributed by atoms with Gasteiger partial charge in [0.15, 0.2) is 6.10 Å². The van der Waals surface area contributed by atoms with Crippen LogP contribution in [0.2, 0.25) is 0 Å². The van der Waals surface area contributed by atoms with E-state index < -0.39 is 6.10 Å². The Balaban J connectivity index is 4.32. The highest BCUT2D eigenvalue weighted by atomic mass is 16.6. The number of ether oxygens (including phenoxy) is 3. The van der Waals surface area contributed by atoms with Gasteiger partial charge in [-0.15, -0.1) is 0 Å². The van der Waals surface area contributed by atoms with Gasteiger partial charge >= 0.3 is 17.9 Å². The SMILES string of the molecule is CCCCC/C=C\C/C=C\CCCCCCCCCCCC(=O)OCC(COC(=O)CCCCCCCCCCCCC/C=C\C/C=C\CCCCCCC)OC(=O)CCCCCCCCCCCCCCCCCCCCCCC. The van der Waals surface area contributed by atoms with Crippen molar-refractivity contribution in [2.45, 2.75) is 399 Å².